The molecule has 7 nitrogen and oxygen atoms in total. The molecule has 2 atom stereocenters. The molecule has 2 N–H and O–H groups in total. The van der Waals surface area contributed by atoms with Gasteiger partial charge in [0, 0.05) is 32.8 Å². The SMILES string of the molecule is CCC(C)Oc1cc(C)ccc1CN=C(NCC(=O)N(C)C)NCC1CCCO1. The highest BCUT2D eigenvalue weighted by Gasteiger charge is 2.16. The Morgan fingerprint density at radius 2 is 2.17 bits per heavy atom. The number of hydrogen-bond donors (Lipinski definition) is 2. The molecule has 1 aliphatic heterocycles. The van der Waals surface area contributed by atoms with E-state index in [9.17, 15) is 4.79 Å². The summed E-state index contributed by atoms with van der Waals surface area (Å²) in [6, 6.07) is 6.18. The zero-order valence-electron chi connectivity index (χ0n) is 18.5. The largest absolute Gasteiger partial charge is 0.490 e. The van der Waals surface area contributed by atoms with Crippen molar-refractivity contribution in [3.05, 3.63) is 29.3 Å². The molecule has 0 aromatic heterocycles. The van der Waals surface area contributed by atoms with Gasteiger partial charge in [-0.25, -0.2) is 4.99 Å². The van der Waals surface area contributed by atoms with Crippen LogP contribution in [0.4, 0.5) is 0 Å². The Kier molecular flexibility index (Phi) is 9.25. The molecule has 162 valence electrons. The molecular weight excluding hydrogens is 368 g/mol. The van der Waals surface area contributed by atoms with Crippen molar-refractivity contribution in [2.75, 3.05) is 33.8 Å². The minimum absolute atomic E-state index is 0.00672. The normalized spacial score (nSPS) is 17.7. The van der Waals surface area contributed by atoms with Crippen LogP contribution in [0.5, 0.6) is 5.75 Å². The van der Waals surface area contributed by atoms with Crippen LogP contribution in [0.3, 0.4) is 0 Å². The summed E-state index contributed by atoms with van der Waals surface area (Å²) in [5.74, 6) is 1.46. The first kappa shape index (κ1) is 23.0. The van der Waals surface area contributed by atoms with Gasteiger partial charge in [-0.15, -0.1) is 0 Å². The van der Waals surface area contributed by atoms with Gasteiger partial charge in [-0.05, 0) is 44.7 Å². The van der Waals surface area contributed by atoms with Gasteiger partial charge >= 0.3 is 0 Å². The molecule has 1 aromatic carbocycles. The van der Waals surface area contributed by atoms with E-state index in [0.29, 0.717) is 19.0 Å². The van der Waals surface area contributed by atoms with E-state index >= 15 is 0 Å². The quantitative estimate of drug-likeness (QED) is 0.489. The number of hydrogen-bond acceptors (Lipinski definition) is 4. The third-order valence-corrected chi connectivity index (χ3v) is 4.96. The van der Waals surface area contributed by atoms with Gasteiger partial charge in [0.25, 0.3) is 0 Å². The number of aliphatic imine (C=N–C) groups is 1. The van der Waals surface area contributed by atoms with Crippen molar-refractivity contribution < 1.29 is 14.3 Å². The fourth-order valence-corrected chi connectivity index (χ4v) is 2.87. The lowest BCUT2D eigenvalue weighted by Crippen LogP contribution is -2.45. The van der Waals surface area contributed by atoms with E-state index in [1.165, 1.54) is 0 Å². The van der Waals surface area contributed by atoms with E-state index in [0.717, 1.165) is 42.7 Å². The van der Waals surface area contributed by atoms with Crippen molar-refractivity contribution in [1.29, 1.82) is 0 Å². The molecular formula is C22H36N4O3. The van der Waals surface area contributed by atoms with Crippen LogP contribution in [0.2, 0.25) is 0 Å². The fourth-order valence-electron chi connectivity index (χ4n) is 2.87. The lowest BCUT2D eigenvalue weighted by Gasteiger charge is -2.18. The van der Waals surface area contributed by atoms with E-state index in [1.54, 1.807) is 19.0 Å². The van der Waals surface area contributed by atoms with E-state index in [-0.39, 0.29) is 24.7 Å². The number of rotatable bonds is 9. The molecule has 1 fully saturated rings. The van der Waals surface area contributed by atoms with Gasteiger partial charge in [0.2, 0.25) is 5.91 Å². The van der Waals surface area contributed by atoms with E-state index in [1.807, 2.05) is 0 Å². The molecule has 0 radical (unpaired) electrons. The Labute approximate surface area is 174 Å². The summed E-state index contributed by atoms with van der Waals surface area (Å²) in [4.78, 5) is 18.2. The molecule has 1 saturated heterocycles. The lowest BCUT2D eigenvalue weighted by atomic mass is 10.1. The smallest absolute Gasteiger partial charge is 0.241 e. The number of guanidine groups is 1. The molecule has 1 aliphatic rings. The number of nitrogens with one attached hydrogen (secondary N) is 2. The van der Waals surface area contributed by atoms with Gasteiger partial charge in [-0.2, -0.15) is 0 Å². The second kappa shape index (κ2) is 11.7. The third-order valence-electron chi connectivity index (χ3n) is 4.96. The Morgan fingerprint density at radius 3 is 2.83 bits per heavy atom. The van der Waals surface area contributed by atoms with E-state index in [2.05, 4.69) is 49.6 Å². The third kappa shape index (κ3) is 7.93. The standard InChI is InChI=1S/C22H36N4O3/c1-6-17(3)29-20-12-16(2)9-10-18(20)13-23-22(25-15-21(27)26(4)5)24-14-19-8-7-11-28-19/h9-10,12,17,19H,6-8,11,13-15H2,1-5H3,(H2,23,24,25). The van der Waals surface area contributed by atoms with Crippen LogP contribution in [0.25, 0.3) is 0 Å². The first-order chi connectivity index (χ1) is 13.9. The maximum atomic E-state index is 12.0. The number of carbonyl (C=O) groups is 1. The number of carbonyl (C=O) groups excluding carboxylic acids is 1. The highest BCUT2D eigenvalue weighted by Crippen LogP contribution is 2.23. The highest BCUT2D eigenvalue weighted by molar-refractivity contribution is 5.86. The summed E-state index contributed by atoms with van der Waals surface area (Å²) >= 11 is 0. The average molecular weight is 405 g/mol. The zero-order valence-corrected chi connectivity index (χ0v) is 18.5. The minimum atomic E-state index is -0.00672. The Hall–Kier alpha value is -2.28. The Balaban J connectivity index is 2.08. The number of aryl methyl sites for hydroxylation is 1. The molecule has 0 spiro atoms. The van der Waals surface area contributed by atoms with Gasteiger partial charge in [-0.1, -0.05) is 19.1 Å². The second-order valence-corrected chi connectivity index (χ2v) is 7.77. The topological polar surface area (TPSA) is 75.2 Å². The van der Waals surface area contributed by atoms with Crippen molar-refractivity contribution in [1.82, 2.24) is 15.5 Å². The van der Waals surface area contributed by atoms with Crippen LogP contribution >= 0.6 is 0 Å². The van der Waals surface area contributed by atoms with Crippen LogP contribution in [0, 0.1) is 6.92 Å². The summed E-state index contributed by atoms with van der Waals surface area (Å²) in [6.45, 7) is 8.36. The average Bonchev–Trinajstić information content (AvgIpc) is 3.21. The van der Waals surface area contributed by atoms with Crippen molar-refractivity contribution >= 4 is 11.9 Å². The predicted molar refractivity (Wildman–Crippen MR) is 116 cm³/mol. The first-order valence-corrected chi connectivity index (χ1v) is 10.5. The molecule has 1 amide bonds. The summed E-state index contributed by atoms with van der Waals surface area (Å²) in [5, 5.41) is 6.44. The van der Waals surface area contributed by atoms with Crippen LogP contribution in [0.1, 0.15) is 44.2 Å². The van der Waals surface area contributed by atoms with Crippen molar-refractivity contribution in [2.45, 2.75) is 58.8 Å². The predicted octanol–water partition coefficient (Wildman–Crippen LogP) is 2.47. The molecule has 1 heterocycles. The highest BCUT2D eigenvalue weighted by atomic mass is 16.5. The first-order valence-electron chi connectivity index (χ1n) is 10.5. The fraction of sp³-hybridized carbons (Fsp3) is 0.636. The Bertz CT molecular complexity index is 685. The number of nitrogens with zero attached hydrogens (tertiary/aromatic N) is 2. The maximum Gasteiger partial charge on any atom is 0.241 e. The number of ether oxygens (including phenoxy) is 2. The molecule has 7 heteroatoms. The van der Waals surface area contributed by atoms with Crippen LogP contribution in [0.15, 0.2) is 23.2 Å². The molecule has 2 unspecified atom stereocenters. The molecule has 29 heavy (non-hydrogen) atoms. The number of likely N-dealkylation sites (N-methyl/N-ethyl adjacent to an activating group) is 1. The van der Waals surface area contributed by atoms with Gasteiger partial charge < -0.3 is 25.0 Å². The summed E-state index contributed by atoms with van der Waals surface area (Å²) in [7, 11) is 3.48. The summed E-state index contributed by atoms with van der Waals surface area (Å²) in [6.07, 6.45) is 3.41. The van der Waals surface area contributed by atoms with E-state index < -0.39 is 0 Å². The molecule has 0 saturated carbocycles. The van der Waals surface area contributed by atoms with Gasteiger partial charge in [0.1, 0.15) is 5.75 Å². The number of amides is 1. The second-order valence-electron chi connectivity index (χ2n) is 7.77. The summed E-state index contributed by atoms with van der Waals surface area (Å²) < 4.78 is 11.8. The van der Waals surface area contributed by atoms with Crippen molar-refractivity contribution in [2.24, 2.45) is 4.99 Å². The molecule has 1 aromatic rings. The molecule has 0 bridgehead atoms. The molecule has 0 aliphatic carbocycles. The monoisotopic (exact) mass is 404 g/mol. The maximum absolute atomic E-state index is 12.0. The van der Waals surface area contributed by atoms with Crippen molar-refractivity contribution in [3.8, 4) is 5.75 Å². The van der Waals surface area contributed by atoms with Gasteiger partial charge in [-0.3, -0.25) is 4.79 Å². The Morgan fingerprint density at radius 1 is 1.38 bits per heavy atom. The van der Waals surface area contributed by atoms with Crippen LogP contribution in [-0.2, 0) is 16.1 Å². The van der Waals surface area contributed by atoms with Crippen molar-refractivity contribution in [3.63, 3.8) is 0 Å². The van der Waals surface area contributed by atoms with E-state index in [4.69, 9.17) is 14.5 Å². The van der Waals surface area contributed by atoms with Gasteiger partial charge in [0.15, 0.2) is 5.96 Å². The lowest BCUT2D eigenvalue weighted by molar-refractivity contribution is -0.127. The zero-order chi connectivity index (χ0) is 21.2. The summed E-state index contributed by atoms with van der Waals surface area (Å²) in [5.41, 5.74) is 2.18. The van der Waals surface area contributed by atoms with Gasteiger partial charge in [0.05, 0.1) is 25.3 Å². The number of benzene rings is 1. The van der Waals surface area contributed by atoms with Crippen LogP contribution < -0.4 is 15.4 Å². The molecule has 2 rings (SSSR count). The minimum Gasteiger partial charge on any atom is -0.490 e. The van der Waals surface area contributed by atoms with Crippen LogP contribution in [-0.4, -0.2) is 62.8 Å².